The molecule has 2 aliphatic rings. The lowest BCUT2D eigenvalue weighted by Gasteiger charge is -2.31. The Morgan fingerprint density at radius 1 is 1.00 bits per heavy atom. The summed E-state index contributed by atoms with van der Waals surface area (Å²) in [5.74, 6) is 2.50. The SMILES string of the molecule is CN(C)c1ccc(N[C@H]2CC[C@@H](Oc3cc(N4CCOCC4)cc4nccnc34)CC2)nn1. The highest BCUT2D eigenvalue weighted by molar-refractivity contribution is 5.85. The summed E-state index contributed by atoms with van der Waals surface area (Å²) in [6.45, 7) is 3.24. The summed E-state index contributed by atoms with van der Waals surface area (Å²) in [5.41, 5.74) is 2.81. The minimum absolute atomic E-state index is 0.162. The number of fused-ring (bicyclic) bond motifs is 1. The lowest BCUT2D eigenvalue weighted by molar-refractivity contribution is 0.122. The molecule has 5 rings (SSSR count). The van der Waals surface area contributed by atoms with Crippen LogP contribution in [0, 0.1) is 0 Å². The largest absolute Gasteiger partial charge is 0.488 e. The number of aromatic nitrogens is 4. The number of hydrogen-bond donors (Lipinski definition) is 1. The molecule has 1 saturated carbocycles. The van der Waals surface area contributed by atoms with E-state index in [9.17, 15) is 0 Å². The lowest BCUT2D eigenvalue weighted by Crippen LogP contribution is -2.36. The van der Waals surface area contributed by atoms with Gasteiger partial charge in [-0.25, -0.2) is 4.98 Å². The van der Waals surface area contributed by atoms with Crippen molar-refractivity contribution in [3.05, 3.63) is 36.7 Å². The number of nitrogens with zero attached hydrogens (tertiary/aromatic N) is 6. The first kappa shape index (κ1) is 21.6. The van der Waals surface area contributed by atoms with Crippen molar-refractivity contribution in [2.45, 2.75) is 37.8 Å². The molecule has 0 atom stereocenters. The third-order valence-corrected chi connectivity index (χ3v) is 6.33. The Labute approximate surface area is 194 Å². The summed E-state index contributed by atoms with van der Waals surface area (Å²) >= 11 is 0. The fourth-order valence-electron chi connectivity index (χ4n) is 4.48. The fraction of sp³-hybridized carbons (Fsp3) is 0.500. The Morgan fingerprint density at radius 2 is 1.79 bits per heavy atom. The Kier molecular flexibility index (Phi) is 6.39. The molecule has 1 saturated heterocycles. The molecule has 33 heavy (non-hydrogen) atoms. The summed E-state index contributed by atoms with van der Waals surface area (Å²) in [4.78, 5) is 13.4. The molecule has 0 bridgehead atoms. The van der Waals surface area contributed by atoms with Gasteiger partial charge in [-0.05, 0) is 43.9 Å². The van der Waals surface area contributed by atoms with Crippen LogP contribution in [0.1, 0.15) is 25.7 Å². The number of nitrogens with one attached hydrogen (secondary N) is 1. The van der Waals surface area contributed by atoms with Crippen LogP contribution in [-0.2, 0) is 4.74 Å². The predicted molar refractivity (Wildman–Crippen MR) is 129 cm³/mol. The predicted octanol–water partition coefficient (Wildman–Crippen LogP) is 3.12. The Hall–Kier alpha value is -3.20. The summed E-state index contributed by atoms with van der Waals surface area (Å²) in [7, 11) is 3.92. The van der Waals surface area contributed by atoms with E-state index >= 15 is 0 Å². The second-order valence-corrected chi connectivity index (χ2v) is 8.87. The Morgan fingerprint density at radius 3 is 2.52 bits per heavy atom. The quantitative estimate of drug-likeness (QED) is 0.610. The smallest absolute Gasteiger partial charge is 0.150 e. The fourth-order valence-corrected chi connectivity index (χ4v) is 4.48. The monoisotopic (exact) mass is 449 g/mol. The molecule has 3 heterocycles. The Bertz CT molecular complexity index is 1060. The van der Waals surface area contributed by atoms with Crippen molar-refractivity contribution in [2.75, 3.05) is 55.5 Å². The summed E-state index contributed by atoms with van der Waals surface area (Å²) in [5, 5.41) is 12.1. The molecule has 1 aliphatic carbocycles. The van der Waals surface area contributed by atoms with E-state index in [1.807, 2.05) is 31.1 Å². The van der Waals surface area contributed by atoms with Gasteiger partial charge in [-0.1, -0.05) is 0 Å². The van der Waals surface area contributed by atoms with Crippen LogP contribution in [0.25, 0.3) is 11.0 Å². The second-order valence-electron chi connectivity index (χ2n) is 8.87. The molecule has 1 N–H and O–H groups in total. The molecule has 174 valence electrons. The van der Waals surface area contributed by atoms with Crippen molar-refractivity contribution in [3.8, 4) is 5.75 Å². The average molecular weight is 450 g/mol. The highest BCUT2D eigenvalue weighted by Gasteiger charge is 2.24. The Balaban J connectivity index is 1.24. The maximum atomic E-state index is 6.52. The molecule has 3 aromatic rings. The van der Waals surface area contributed by atoms with Crippen molar-refractivity contribution in [1.29, 1.82) is 0 Å². The normalized spacial score (nSPS) is 21.1. The summed E-state index contributed by atoms with van der Waals surface area (Å²) in [6, 6.07) is 8.57. The van der Waals surface area contributed by atoms with Gasteiger partial charge in [-0.2, -0.15) is 0 Å². The molecule has 0 radical (unpaired) electrons. The van der Waals surface area contributed by atoms with Gasteiger partial charge in [0.25, 0.3) is 0 Å². The van der Waals surface area contributed by atoms with Gasteiger partial charge >= 0.3 is 0 Å². The van der Waals surface area contributed by atoms with Gasteiger partial charge in [0.2, 0.25) is 0 Å². The third-order valence-electron chi connectivity index (χ3n) is 6.33. The topological polar surface area (TPSA) is 88.5 Å². The van der Waals surface area contributed by atoms with Gasteiger partial charge in [-0.3, -0.25) is 4.98 Å². The van der Waals surface area contributed by atoms with E-state index in [0.29, 0.717) is 6.04 Å². The first-order valence-electron chi connectivity index (χ1n) is 11.7. The van der Waals surface area contributed by atoms with E-state index in [0.717, 1.165) is 86.1 Å². The van der Waals surface area contributed by atoms with E-state index < -0.39 is 0 Å². The summed E-state index contributed by atoms with van der Waals surface area (Å²) in [6.07, 6.45) is 7.63. The molecular weight excluding hydrogens is 418 g/mol. The zero-order valence-electron chi connectivity index (χ0n) is 19.3. The molecule has 0 amide bonds. The van der Waals surface area contributed by atoms with E-state index in [2.05, 4.69) is 42.5 Å². The second kappa shape index (κ2) is 9.74. The van der Waals surface area contributed by atoms with E-state index in [-0.39, 0.29) is 6.10 Å². The molecule has 9 heteroatoms. The van der Waals surface area contributed by atoms with Crippen LogP contribution in [0.3, 0.4) is 0 Å². The number of benzene rings is 1. The van der Waals surface area contributed by atoms with Crippen LogP contribution >= 0.6 is 0 Å². The molecule has 1 aromatic carbocycles. The highest BCUT2D eigenvalue weighted by atomic mass is 16.5. The van der Waals surface area contributed by atoms with E-state index in [1.165, 1.54) is 0 Å². The van der Waals surface area contributed by atoms with E-state index in [1.54, 1.807) is 12.4 Å². The van der Waals surface area contributed by atoms with Gasteiger partial charge in [0.15, 0.2) is 5.82 Å². The number of anilines is 3. The number of rotatable bonds is 6. The van der Waals surface area contributed by atoms with Gasteiger partial charge in [-0.15, -0.1) is 10.2 Å². The summed E-state index contributed by atoms with van der Waals surface area (Å²) < 4.78 is 12.0. The first-order chi connectivity index (χ1) is 16.2. The van der Waals surface area contributed by atoms with Gasteiger partial charge in [0.1, 0.15) is 17.1 Å². The zero-order chi connectivity index (χ0) is 22.6. The van der Waals surface area contributed by atoms with Crippen molar-refractivity contribution in [1.82, 2.24) is 20.2 Å². The van der Waals surface area contributed by atoms with Crippen molar-refractivity contribution in [2.24, 2.45) is 0 Å². The first-order valence-corrected chi connectivity index (χ1v) is 11.7. The number of hydrogen-bond acceptors (Lipinski definition) is 9. The van der Waals surface area contributed by atoms with Gasteiger partial charge < -0.3 is 24.6 Å². The van der Waals surface area contributed by atoms with Crippen LogP contribution in [0.5, 0.6) is 5.75 Å². The van der Waals surface area contributed by atoms with Crippen LogP contribution < -0.4 is 19.9 Å². The van der Waals surface area contributed by atoms with Crippen LogP contribution in [-0.4, -0.2) is 72.7 Å². The maximum absolute atomic E-state index is 6.52. The standard InChI is InChI=1S/C24H31N7O2/c1-30(2)23-8-7-22(28-29-23)27-17-3-5-19(6-4-17)33-21-16-18(31-11-13-32-14-12-31)15-20-24(21)26-10-9-25-20/h7-10,15-17,19H,3-6,11-14H2,1-2H3,(H,27,28)/t17-,19+. The molecule has 0 unspecified atom stereocenters. The van der Waals surface area contributed by atoms with Gasteiger partial charge in [0.05, 0.1) is 24.8 Å². The zero-order valence-corrected chi connectivity index (χ0v) is 19.3. The van der Waals surface area contributed by atoms with Crippen LogP contribution in [0.2, 0.25) is 0 Å². The number of morpholine rings is 1. The number of ether oxygens (including phenoxy) is 2. The molecule has 2 aromatic heterocycles. The van der Waals surface area contributed by atoms with Crippen molar-refractivity contribution in [3.63, 3.8) is 0 Å². The van der Waals surface area contributed by atoms with Crippen molar-refractivity contribution >= 4 is 28.4 Å². The highest BCUT2D eigenvalue weighted by Crippen LogP contribution is 2.33. The third kappa shape index (κ3) is 5.08. The lowest BCUT2D eigenvalue weighted by atomic mass is 9.93. The average Bonchev–Trinajstić information content (AvgIpc) is 2.86. The van der Waals surface area contributed by atoms with Crippen LogP contribution in [0.15, 0.2) is 36.7 Å². The maximum Gasteiger partial charge on any atom is 0.150 e. The molecule has 2 fully saturated rings. The van der Waals surface area contributed by atoms with Crippen LogP contribution in [0.4, 0.5) is 17.3 Å². The van der Waals surface area contributed by atoms with Gasteiger partial charge in [0, 0.05) is 57.4 Å². The minimum Gasteiger partial charge on any atom is -0.488 e. The molecular formula is C24H31N7O2. The molecule has 0 spiro atoms. The molecule has 9 nitrogen and oxygen atoms in total. The van der Waals surface area contributed by atoms with E-state index in [4.69, 9.17) is 9.47 Å². The molecule has 1 aliphatic heterocycles. The van der Waals surface area contributed by atoms with Crippen molar-refractivity contribution < 1.29 is 9.47 Å². The minimum atomic E-state index is 0.162.